The smallest absolute Gasteiger partial charge is 0.353 e. The molecular formula is C19H13FN6O6. The monoisotopic (exact) mass is 440 g/mol. The Hall–Kier alpha value is -4.81. The molecule has 0 radical (unpaired) electrons. The maximum absolute atomic E-state index is 14.1. The van der Waals surface area contributed by atoms with Gasteiger partial charge in [-0.05, 0) is 17.7 Å². The number of carbonyl (C=O) groups is 2. The Bertz CT molecular complexity index is 1490. The molecule has 0 bridgehead atoms. The van der Waals surface area contributed by atoms with E-state index in [4.69, 9.17) is 5.73 Å². The molecule has 0 saturated carbocycles. The number of anilines is 3. The maximum Gasteiger partial charge on any atom is 0.353 e. The van der Waals surface area contributed by atoms with Crippen LogP contribution in [0.1, 0.15) is 26.5 Å². The number of aromatic carboxylic acids is 1. The first-order valence-corrected chi connectivity index (χ1v) is 8.90. The van der Waals surface area contributed by atoms with Crippen LogP contribution in [0.2, 0.25) is 0 Å². The lowest BCUT2D eigenvalue weighted by molar-refractivity contribution is 0.0688. The van der Waals surface area contributed by atoms with Gasteiger partial charge in [0.15, 0.2) is 0 Å². The van der Waals surface area contributed by atoms with Gasteiger partial charge in [-0.15, -0.1) is 0 Å². The largest absolute Gasteiger partial charge is 0.492 e. The van der Waals surface area contributed by atoms with Crippen LogP contribution in [-0.4, -0.2) is 36.5 Å². The quantitative estimate of drug-likeness (QED) is 0.258. The van der Waals surface area contributed by atoms with Crippen molar-refractivity contribution in [3.05, 3.63) is 73.7 Å². The van der Waals surface area contributed by atoms with Gasteiger partial charge < -0.3 is 26.6 Å². The molecular weight excluding hydrogens is 427 g/mol. The first kappa shape index (κ1) is 20.5. The van der Waals surface area contributed by atoms with Gasteiger partial charge >= 0.3 is 5.97 Å². The van der Waals surface area contributed by atoms with E-state index in [-0.39, 0.29) is 40.8 Å². The van der Waals surface area contributed by atoms with E-state index in [9.17, 15) is 33.8 Å². The van der Waals surface area contributed by atoms with Gasteiger partial charge in [-0.3, -0.25) is 18.8 Å². The van der Waals surface area contributed by atoms with E-state index in [1.165, 1.54) is 12.1 Å². The number of aromatic nitrogens is 3. The van der Waals surface area contributed by atoms with E-state index in [0.29, 0.717) is 5.56 Å². The molecule has 32 heavy (non-hydrogen) atoms. The third-order valence-corrected chi connectivity index (χ3v) is 4.57. The number of nitrogens with two attached hydrogens (primary N) is 1. The number of carboxylic acids is 1. The maximum atomic E-state index is 14.1. The summed E-state index contributed by atoms with van der Waals surface area (Å²) in [5.74, 6) is -3.48. The van der Waals surface area contributed by atoms with Crippen molar-refractivity contribution in [3.8, 4) is 5.88 Å². The number of fused-ring (bicyclic) bond motifs is 1. The summed E-state index contributed by atoms with van der Waals surface area (Å²) in [6.07, 6.45) is 1.04. The zero-order valence-corrected chi connectivity index (χ0v) is 15.9. The molecule has 0 aliphatic heterocycles. The van der Waals surface area contributed by atoms with Crippen LogP contribution in [0.15, 0.2) is 40.1 Å². The molecule has 2 heterocycles. The standard InChI is InChI=1S/C19H13FN6O6/c20-8-2-1-7(3-9(8)23-14-13(21)15(28)16(14)29)5-22-17(30)10-4-11(18(31)32)26-6-12(27)25-19(26)24-10/h1-4,6,23,27H,5,21H2,(H,22,30)(H,31,32). The predicted molar refractivity (Wildman–Crippen MR) is 108 cm³/mol. The number of nitrogen functional groups attached to an aromatic ring is 1. The minimum absolute atomic E-state index is 0.107. The number of amides is 1. The topological polar surface area (TPSA) is 189 Å². The van der Waals surface area contributed by atoms with Crippen LogP contribution in [0.5, 0.6) is 5.88 Å². The summed E-state index contributed by atoms with van der Waals surface area (Å²) in [4.78, 5) is 54.2. The molecule has 1 amide bonds. The molecule has 12 nitrogen and oxygen atoms in total. The molecule has 0 aliphatic rings. The highest BCUT2D eigenvalue weighted by Gasteiger charge is 2.20. The normalized spacial score (nSPS) is 11.0. The minimum atomic E-state index is -1.37. The van der Waals surface area contributed by atoms with E-state index in [2.05, 4.69) is 20.6 Å². The van der Waals surface area contributed by atoms with Crippen molar-refractivity contribution >= 4 is 34.7 Å². The van der Waals surface area contributed by atoms with Crippen LogP contribution < -0.4 is 27.2 Å². The fourth-order valence-electron chi connectivity index (χ4n) is 2.95. The average molecular weight is 440 g/mol. The molecule has 0 aliphatic carbocycles. The average Bonchev–Trinajstić information content (AvgIpc) is 3.15. The Kier molecular flexibility index (Phi) is 4.77. The number of imidazole rings is 1. The Morgan fingerprint density at radius 1 is 1.16 bits per heavy atom. The van der Waals surface area contributed by atoms with Gasteiger partial charge in [-0.25, -0.2) is 14.2 Å². The number of halogens is 1. The molecule has 0 spiro atoms. The third kappa shape index (κ3) is 3.47. The molecule has 0 atom stereocenters. The van der Waals surface area contributed by atoms with E-state index in [0.717, 1.165) is 22.7 Å². The lowest BCUT2D eigenvalue weighted by atomic mass is 10.1. The van der Waals surface area contributed by atoms with Crippen LogP contribution in [0.25, 0.3) is 5.78 Å². The number of carbonyl (C=O) groups excluding carboxylic acids is 1. The number of carboxylic acid groups (broad SMARTS) is 1. The first-order valence-electron chi connectivity index (χ1n) is 8.90. The zero-order valence-electron chi connectivity index (χ0n) is 15.9. The van der Waals surface area contributed by atoms with Crippen molar-refractivity contribution in [1.29, 1.82) is 0 Å². The Morgan fingerprint density at radius 2 is 1.91 bits per heavy atom. The minimum Gasteiger partial charge on any atom is -0.492 e. The Labute approximate surface area is 176 Å². The van der Waals surface area contributed by atoms with Crippen molar-refractivity contribution in [1.82, 2.24) is 19.7 Å². The SMILES string of the molecule is Nc1c(Nc2cc(CNC(=O)c3cc(C(=O)O)n4cc(O)nc4n3)ccc2F)c(=O)c1=O. The van der Waals surface area contributed by atoms with Crippen molar-refractivity contribution in [3.63, 3.8) is 0 Å². The lowest BCUT2D eigenvalue weighted by Gasteiger charge is -2.12. The molecule has 4 rings (SSSR count). The van der Waals surface area contributed by atoms with Gasteiger partial charge in [0.1, 0.15) is 28.6 Å². The predicted octanol–water partition coefficient (Wildman–Crippen LogP) is 0.124. The van der Waals surface area contributed by atoms with Gasteiger partial charge in [-0.2, -0.15) is 4.98 Å². The van der Waals surface area contributed by atoms with Crippen LogP contribution >= 0.6 is 0 Å². The zero-order chi connectivity index (χ0) is 23.2. The molecule has 6 N–H and O–H groups in total. The first-order chi connectivity index (χ1) is 15.2. The van der Waals surface area contributed by atoms with E-state index >= 15 is 0 Å². The number of nitrogens with one attached hydrogen (secondary N) is 2. The second kappa shape index (κ2) is 7.46. The molecule has 0 fully saturated rings. The molecule has 2 aromatic heterocycles. The number of benzene rings is 1. The Balaban J connectivity index is 1.54. The van der Waals surface area contributed by atoms with Crippen LogP contribution in [0, 0.1) is 5.82 Å². The van der Waals surface area contributed by atoms with Crippen molar-refractivity contribution in [2.45, 2.75) is 6.54 Å². The van der Waals surface area contributed by atoms with Gasteiger partial charge in [0.2, 0.25) is 11.7 Å². The van der Waals surface area contributed by atoms with Gasteiger partial charge in [0.25, 0.3) is 16.8 Å². The van der Waals surface area contributed by atoms with Crippen molar-refractivity contribution in [2.75, 3.05) is 11.1 Å². The van der Waals surface area contributed by atoms with E-state index in [1.54, 1.807) is 0 Å². The number of hydrogen-bond donors (Lipinski definition) is 5. The summed E-state index contributed by atoms with van der Waals surface area (Å²) in [5, 5.41) is 23.8. The highest BCUT2D eigenvalue weighted by atomic mass is 19.1. The Morgan fingerprint density at radius 3 is 2.59 bits per heavy atom. The molecule has 162 valence electrons. The number of rotatable bonds is 6. The fourth-order valence-corrected chi connectivity index (χ4v) is 2.95. The number of hydrogen-bond acceptors (Lipinski definition) is 9. The van der Waals surface area contributed by atoms with E-state index < -0.39 is 34.4 Å². The van der Waals surface area contributed by atoms with Crippen molar-refractivity contribution < 1.29 is 24.2 Å². The summed E-state index contributed by atoms with van der Waals surface area (Å²) in [7, 11) is 0. The van der Waals surface area contributed by atoms with Crippen molar-refractivity contribution in [2.24, 2.45) is 0 Å². The summed E-state index contributed by atoms with van der Waals surface area (Å²) in [6, 6.07) is 4.78. The summed E-state index contributed by atoms with van der Waals surface area (Å²) < 4.78 is 15.1. The fraction of sp³-hybridized carbons (Fsp3) is 0.0526. The molecule has 0 saturated heterocycles. The second-order valence-electron chi connectivity index (χ2n) is 6.67. The second-order valence-corrected chi connectivity index (χ2v) is 6.67. The third-order valence-electron chi connectivity index (χ3n) is 4.57. The van der Waals surface area contributed by atoms with Crippen LogP contribution in [-0.2, 0) is 6.54 Å². The van der Waals surface area contributed by atoms with Gasteiger partial charge in [0.05, 0.1) is 11.9 Å². The molecule has 13 heteroatoms. The van der Waals surface area contributed by atoms with Crippen LogP contribution in [0.3, 0.4) is 0 Å². The van der Waals surface area contributed by atoms with Gasteiger partial charge in [-0.1, -0.05) is 6.07 Å². The van der Waals surface area contributed by atoms with Gasteiger partial charge in [0, 0.05) is 12.6 Å². The summed E-state index contributed by atoms with van der Waals surface area (Å²) in [5.41, 5.74) is 2.88. The van der Waals surface area contributed by atoms with E-state index in [1.807, 2.05) is 0 Å². The number of aromatic hydroxyl groups is 1. The molecule has 0 unspecified atom stereocenters. The summed E-state index contributed by atoms with van der Waals surface area (Å²) in [6.45, 7) is -0.107. The van der Waals surface area contributed by atoms with Crippen LogP contribution in [0.4, 0.5) is 21.5 Å². The molecule has 4 aromatic rings. The highest BCUT2D eigenvalue weighted by Crippen LogP contribution is 2.22. The highest BCUT2D eigenvalue weighted by molar-refractivity contribution is 5.96. The molecule has 2 aromatic carbocycles. The number of nitrogens with zero attached hydrogens (tertiary/aromatic N) is 3. The lowest BCUT2D eigenvalue weighted by Crippen LogP contribution is -2.36. The summed E-state index contributed by atoms with van der Waals surface area (Å²) >= 11 is 0.